The Bertz CT molecular complexity index is 1420. The Labute approximate surface area is 212 Å². The van der Waals surface area contributed by atoms with E-state index in [0.29, 0.717) is 34.6 Å². The highest BCUT2D eigenvalue weighted by Crippen LogP contribution is 2.29. The van der Waals surface area contributed by atoms with E-state index in [0.717, 1.165) is 37.3 Å². The molecule has 0 N–H and O–H groups in total. The van der Waals surface area contributed by atoms with E-state index in [1.165, 1.54) is 5.69 Å². The number of aryl methyl sites for hydroxylation is 1. The SMILES string of the molecule is Cc1ncc(-c2ccnc(C(C)(C)C#N)c2)nc1-c1nnc(-c2ccc(N3CCN(C)CC3)cc2)o1.[HH]. The first-order valence-electron chi connectivity index (χ1n) is 11.9. The van der Waals surface area contributed by atoms with E-state index in [1.807, 2.05) is 45.0 Å². The van der Waals surface area contributed by atoms with Gasteiger partial charge in [0.1, 0.15) is 5.69 Å². The number of pyridine rings is 1. The molecule has 1 saturated heterocycles. The highest BCUT2D eigenvalue weighted by Gasteiger charge is 2.23. The molecule has 0 saturated carbocycles. The van der Waals surface area contributed by atoms with Gasteiger partial charge in [-0.1, -0.05) is 0 Å². The van der Waals surface area contributed by atoms with Gasteiger partial charge in [0.25, 0.3) is 5.89 Å². The van der Waals surface area contributed by atoms with Crippen molar-refractivity contribution in [3.63, 3.8) is 0 Å². The fourth-order valence-electron chi connectivity index (χ4n) is 4.09. The third-order valence-corrected chi connectivity index (χ3v) is 6.54. The maximum absolute atomic E-state index is 9.48. The van der Waals surface area contributed by atoms with Crippen LogP contribution in [0, 0.1) is 18.3 Å². The second-order valence-electron chi connectivity index (χ2n) is 9.61. The summed E-state index contributed by atoms with van der Waals surface area (Å²) in [6, 6.07) is 14.2. The quantitative estimate of drug-likeness (QED) is 0.410. The predicted octanol–water partition coefficient (Wildman–Crippen LogP) is 4.36. The van der Waals surface area contributed by atoms with E-state index in [-0.39, 0.29) is 1.43 Å². The number of nitrogens with zero attached hydrogens (tertiary/aromatic N) is 8. The first-order chi connectivity index (χ1) is 17.3. The fourth-order valence-corrected chi connectivity index (χ4v) is 4.09. The van der Waals surface area contributed by atoms with Crippen molar-refractivity contribution in [1.82, 2.24) is 30.0 Å². The van der Waals surface area contributed by atoms with E-state index < -0.39 is 5.41 Å². The average Bonchev–Trinajstić information content (AvgIpc) is 3.40. The van der Waals surface area contributed by atoms with Crippen LogP contribution < -0.4 is 4.90 Å². The maximum Gasteiger partial charge on any atom is 0.268 e. The molecule has 4 aromatic rings. The van der Waals surface area contributed by atoms with Crippen molar-refractivity contribution in [3.05, 3.63) is 60.2 Å². The summed E-state index contributed by atoms with van der Waals surface area (Å²) in [5.41, 5.74) is 4.68. The zero-order valence-corrected chi connectivity index (χ0v) is 20.9. The number of anilines is 1. The van der Waals surface area contributed by atoms with E-state index >= 15 is 0 Å². The molecule has 4 heterocycles. The van der Waals surface area contributed by atoms with Gasteiger partial charge in [-0.25, -0.2) is 4.98 Å². The zero-order valence-electron chi connectivity index (χ0n) is 20.9. The first kappa shape index (κ1) is 23.6. The lowest BCUT2D eigenvalue weighted by Gasteiger charge is -2.34. The van der Waals surface area contributed by atoms with Crippen LogP contribution in [0.1, 0.15) is 26.7 Å². The van der Waals surface area contributed by atoms with Crippen molar-refractivity contribution >= 4 is 5.69 Å². The van der Waals surface area contributed by atoms with Crippen molar-refractivity contribution in [1.29, 1.82) is 5.26 Å². The third kappa shape index (κ3) is 4.68. The summed E-state index contributed by atoms with van der Waals surface area (Å²) in [5, 5.41) is 18.0. The lowest BCUT2D eigenvalue weighted by molar-refractivity contribution is 0.313. The monoisotopic (exact) mass is 482 g/mol. The largest absolute Gasteiger partial charge is 0.415 e. The lowest BCUT2D eigenvalue weighted by Crippen LogP contribution is -2.44. The summed E-state index contributed by atoms with van der Waals surface area (Å²) >= 11 is 0. The van der Waals surface area contributed by atoms with Crippen molar-refractivity contribution in [2.45, 2.75) is 26.2 Å². The number of hydrogen-bond acceptors (Lipinski definition) is 9. The minimum absolute atomic E-state index is 0. The van der Waals surface area contributed by atoms with Crippen molar-refractivity contribution in [3.8, 4) is 40.4 Å². The number of nitriles is 1. The minimum Gasteiger partial charge on any atom is -0.415 e. The van der Waals surface area contributed by atoms with Gasteiger partial charge in [0.15, 0.2) is 0 Å². The summed E-state index contributed by atoms with van der Waals surface area (Å²) in [5.74, 6) is 0.745. The Morgan fingerprint density at radius 3 is 2.42 bits per heavy atom. The van der Waals surface area contributed by atoms with Crippen LogP contribution in [-0.4, -0.2) is 63.3 Å². The summed E-state index contributed by atoms with van der Waals surface area (Å²) < 4.78 is 6.02. The molecule has 1 fully saturated rings. The second-order valence-corrected chi connectivity index (χ2v) is 9.61. The van der Waals surface area contributed by atoms with Crippen molar-refractivity contribution in [2.24, 2.45) is 0 Å². The zero-order chi connectivity index (χ0) is 25.3. The van der Waals surface area contributed by atoms with Gasteiger partial charge in [-0.2, -0.15) is 5.26 Å². The average molecular weight is 483 g/mol. The molecule has 1 aliphatic heterocycles. The molecule has 0 aliphatic carbocycles. The minimum atomic E-state index is -0.710. The summed E-state index contributed by atoms with van der Waals surface area (Å²) in [6.07, 6.45) is 3.38. The number of piperazine rings is 1. The van der Waals surface area contributed by atoms with Gasteiger partial charge in [-0.05, 0) is 64.2 Å². The van der Waals surface area contributed by atoms with Gasteiger partial charge < -0.3 is 14.2 Å². The molecular formula is C27H30N8O. The standard InChI is InChI=1S/C27H28N8O.H2/c1-18-24(31-22(16-30-18)20-9-10-29-23(15-20)27(2,3)17-28)26-33-32-25(36-26)19-5-7-21(8-6-19)35-13-11-34(4)12-14-35;/h5-10,15-16H,11-14H2,1-4H3;1H. The Morgan fingerprint density at radius 1 is 0.972 bits per heavy atom. The maximum atomic E-state index is 9.48. The molecule has 0 radical (unpaired) electrons. The van der Waals surface area contributed by atoms with Crippen molar-refractivity contribution in [2.75, 3.05) is 38.1 Å². The number of likely N-dealkylation sites (N-methyl/N-ethyl adjacent to an activating group) is 1. The number of benzene rings is 1. The van der Waals surface area contributed by atoms with Gasteiger partial charge in [0.05, 0.1) is 34.8 Å². The molecular weight excluding hydrogens is 452 g/mol. The van der Waals surface area contributed by atoms with E-state index in [9.17, 15) is 5.26 Å². The van der Waals surface area contributed by atoms with Gasteiger partial charge in [0, 0.05) is 50.6 Å². The van der Waals surface area contributed by atoms with Crippen molar-refractivity contribution < 1.29 is 5.84 Å². The van der Waals surface area contributed by atoms with Gasteiger partial charge in [-0.3, -0.25) is 9.97 Å². The molecule has 0 amide bonds. The molecule has 0 atom stereocenters. The van der Waals surface area contributed by atoms with Crippen LogP contribution in [0.5, 0.6) is 0 Å². The molecule has 0 unspecified atom stereocenters. The Balaban J connectivity index is 0.00000320. The lowest BCUT2D eigenvalue weighted by atomic mass is 9.90. The molecule has 1 aromatic carbocycles. The molecule has 0 bridgehead atoms. The van der Waals surface area contributed by atoms with Crippen LogP contribution in [0.15, 0.2) is 53.2 Å². The second kappa shape index (κ2) is 9.47. The highest BCUT2D eigenvalue weighted by atomic mass is 16.4. The van der Waals surface area contributed by atoms with Crippen LogP contribution in [0.25, 0.3) is 34.3 Å². The number of aromatic nitrogens is 5. The molecule has 9 heteroatoms. The van der Waals surface area contributed by atoms with Gasteiger partial charge in [0.2, 0.25) is 5.89 Å². The van der Waals surface area contributed by atoms with Crippen LogP contribution in [0.3, 0.4) is 0 Å². The molecule has 0 spiro atoms. The molecule has 36 heavy (non-hydrogen) atoms. The molecule has 1 aliphatic rings. The highest BCUT2D eigenvalue weighted by molar-refractivity contribution is 5.64. The van der Waals surface area contributed by atoms with E-state index in [4.69, 9.17) is 9.40 Å². The van der Waals surface area contributed by atoms with Crippen LogP contribution >= 0.6 is 0 Å². The Kier molecular flexibility index (Phi) is 6.20. The number of rotatable bonds is 5. The predicted molar refractivity (Wildman–Crippen MR) is 139 cm³/mol. The van der Waals surface area contributed by atoms with Gasteiger partial charge in [-0.15, -0.1) is 10.2 Å². The fraction of sp³-hybridized carbons (Fsp3) is 0.333. The third-order valence-electron chi connectivity index (χ3n) is 6.54. The Hall–Kier alpha value is -4.16. The Morgan fingerprint density at radius 2 is 1.69 bits per heavy atom. The molecule has 184 valence electrons. The van der Waals surface area contributed by atoms with Crippen LogP contribution in [-0.2, 0) is 5.41 Å². The molecule has 9 nitrogen and oxygen atoms in total. The molecule has 5 rings (SSSR count). The molecule has 3 aromatic heterocycles. The van der Waals surface area contributed by atoms with Gasteiger partial charge >= 0.3 is 0 Å². The first-order valence-corrected chi connectivity index (χ1v) is 11.9. The van der Waals surface area contributed by atoms with E-state index in [1.54, 1.807) is 12.4 Å². The summed E-state index contributed by atoms with van der Waals surface area (Å²) in [4.78, 5) is 18.4. The normalized spacial score (nSPS) is 14.6. The van der Waals surface area contributed by atoms with E-state index in [2.05, 4.69) is 55.2 Å². The summed E-state index contributed by atoms with van der Waals surface area (Å²) in [7, 11) is 2.15. The smallest absolute Gasteiger partial charge is 0.268 e. The van der Waals surface area contributed by atoms with Crippen LogP contribution in [0.4, 0.5) is 5.69 Å². The van der Waals surface area contributed by atoms with Crippen LogP contribution in [0.2, 0.25) is 0 Å². The number of hydrogen-bond donors (Lipinski definition) is 0. The summed E-state index contributed by atoms with van der Waals surface area (Å²) in [6.45, 7) is 9.68. The topological polar surface area (TPSA) is 108 Å².